The highest BCUT2D eigenvalue weighted by atomic mass is 32.2. The molecule has 1 aromatic rings. The van der Waals surface area contributed by atoms with Crippen molar-refractivity contribution >= 4 is 21.9 Å². The van der Waals surface area contributed by atoms with E-state index in [4.69, 9.17) is 14.6 Å². The first kappa shape index (κ1) is 20.2. The lowest BCUT2D eigenvalue weighted by molar-refractivity contribution is -0.137. The van der Waals surface area contributed by atoms with Crippen LogP contribution in [-0.2, 0) is 19.6 Å². The summed E-state index contributed by atoms with van der Waals surface area (Å²) in [7, 11) is -2.65. The van der Waals surface area contributed by atoms with Gasteiger partial charge in [0.2, 0.25) is 10.0 Å². The van der Waals surface area contributed by atoms with Gasteiger partial charge >= 0.3 is 5.97 Å². The number of amides is 1. The van der Waals surface area contributed by atoms with Gasteiger partial charge in [-0.1, -0.05) is 13.8 Å². The SMILES string of the molecule is COc1ccc(S(N)(=O)=O)cc1C(=O)OCC(=O)N1CC(C)CC(C)C1. The predicted molar refractivity (Wildman–Crippen MR) is 94.2 cm³/mol. The Morgan fingerprint density at radius 3 is 2.38 bits per heavy atom. The molecule has 0 saturated carbocycles. The lowest BCUT2D eigenvalue weighted by Gasteiger charge is -2.34. The zero-order valence-corrected chi connectivity index (χ0v) is 15.9. The number of piperidine rings is 1. The monoisotopic (exact) mass is 384 g/mol. The molecule has 2 unspecified atom stereocenters. The highest BCUT2D eigenvalue weighted by Gasteiger charge is 2.26. The fraction of sp³-hybridized carbons (Fsp3) is 0.529. The van der Waals surface area contributed by atoms with Crippen LogP contribution in [0.25, 0.3) is 0 Å². The van der Waals surface area contributed by atoms with Crippen molar-refractivity contribution in [2.75, 3.05) is 26.8 Å². The van der Waals surface area contributed by atoms with Crippen LogP contribution in [0.1, 0.15) is 30.6 Å². The molecule has 26 heavy (non-hydrogen) atoms. The third kappa shape index (κ3) is 4.95. The summed E-state index contributed by atoms with van der Waals surface area (Å²) in [6.07, 6.45) is 1.06. The van der Waals surface area contributed by atoms with Gasteiger partial charge in [0.1, 0.15) is 11.3 Å². The summed E-state index contributed by atoms with van der Waals surface area (Å²) in [5.74, 6) is -0.206. The summed E-state index contributed by atoms with van der Waals surface area (Å²) in [5, 5.41) is 5.08. The summed E-state index contributed by atoms with van der Waals surface area (Å²) in [6, 6.07) is 3.62. The first-order chi connectivity index (χ1) is 12.1. The van der Waals surface area contributed by atoms with E-state index in [0.717, 1.165) is 12.5 Å². The van der Waals surface area contributed by atoms with E-state index in [1.807, 2.05) is 0 Å². The summed E-state index contributed by atoms with van der Waals surface area (Å²) in [5.41, 5.74) is -0.104. The average Bonchev–Trinajstić information content (AvgIpc) is 2.57. The van der Waals surface area contributed by atoms with Crippen LogP contribution in [-0.4, -0.2) is 52.0 Å². The number of sulfonamides is 1. The van der Waals surface area contributed by atoms with Gasteiger partial charge < -0.3 is 14.4 Å². The number of carbonyl (C=O) groups excluding carboxylic acids is 2. The van der Waals surface area contributed by atoms with Crippen LogP contribution in [0.3, 0.4) is 0 Å². The second-order valence-electron chi connectivity index (χ2n) is 6.73. The number of carbonyl (C=O) groups is 2. The molecule has 1 heterocycles. The number of benzene rings is 1. The smallest absolute Gasteiger partial charge is 0.342 e. The number of nitrogens with two attached hydrogens (primary N) is 1. The fourth-order valence-corrected chi connectivity index (χ4v) is 3.73. The van der Waals surface area contributed by atoms with E-state index in [2.05, 4.69) is 13.8 Å². The van der Waals surface area contributed by atoms with Crippen molar-refractivity contribution in [1.82, 2.24) is 4.90 Å². The number of ether oxygens (including phenoxy) is 2. The molecule has 8 nitrogen and oxygen atoms in total. The van der Waals surface area contributed by atoms with E-state index in [1.165, 1.54) is 19.2 Å². The van der Waals surface area contributed by atoms with Gasteiger partial charge in [0.05, 0.1) is 12.0 Å². The topological polar surface area (TPSA) is 116 Å². The van der Waals surface area contributed by atoms with E-state index in [9.17, 15) is 18.0 Å². The highest BCUT2D eigenvalue weighted by molar-refractivity contribution is 7.89. The van der Waals surface area contributed by atoms with Crippen LogP contribution < -0.4 is 9.88 Å². The molecule has 1 fully saturated rings. The first-order valence-corrected chi connectivity index (χ1v) is 9.82. The normalized spacial score (nSPS) is 20.5. The quantitative estimate of drug-likeness (QED) is 0.757. The van der Waals surface area contributed by atoms with Crippen molar-refractivity contribution in [3.05, 3.63) is 23.8 Å². The Bertz CT molecular complexity index is 782. The van der Waals surface area contributed by atoms with Crippen molar-refractivity contribution in [2.45, 2.75) is 25.2 Å². The van der Waals surface area contributed by atoms with Crippen LogP contribution in [0.4, 0.5) is 0 Å². The molecule has 0 bridgehead atoms. The second-order valence-corrected chi connectivity index (χ2v) is 8.29. The zero-order valence-electron chi connectivity index (χ0n) is 15.1. The molecule has 1 amide bonds. The minimum Gasteiger partial charge on any atom is -0.496 e. The number of hydrogen-bond donors (Lipinski definition) is 1. The lowest BCUT2D eigenvalue weighted by atomic mass is 9.92. The summed E-state index contributed by atoms with van der Waals surface area (Å²) >= 11 is 0. The molecule has 0 aliphatic carbocycles. The number of esters is 1. The molecule has 2 rings (SSSR count). The molecule has 0 radical (unpaired) electrons. The zero-order chi connectivity index (χ0) is 19.5. The van der Waals surface area contributed by atoms with Crippen LogP contribution in [0.2, 0.25) is 0 Å². The van der Waals surface area contributed by atoms with Gasteiger partial charge in [0, 0.05) is 13.1 Å². The Kier molecular flexibility index (Phi) is 6.25. The molecule has 144 valence electrons. The summed E-state index contributed by atoms with van der Waals surface area (Å²) in [6.45, 7) is 4.99. The second kappa shape index (κ2) is 8.05. The molecule has 1 aromatic carbocycles. The van der Waals surface area contributed by atoms with E-state index in [1.54, 1.807) is 4.90 Å². The molecule has 2 atom stereocenters. The first-order valence-electron chi connectivity index (χ1n) is 8.27. The Balaban J connectivity index is 2.08. The van der Waals surface area contributed by atoms with E-state index in [0.29, 0.717) is 24.9 Å². The van der Waals surface area contributed by atoms with E-state index >= 15 is 0 Å². The lowest BCUT2D eigenvalue weighted by Crippen LogP contribution is -2.44. The minimum absolute atomic E-state index is 0.104. The van der Waals surface area contributed by atoms with Gasteiger partial charge in [-0.05, 0) is 36.5 Å². The van der Waals surface area contributed by atoms with Crippen LogP contribution in [0, 0.1) is 11.8 Å². The molecule has 0 aromatic heterocycles. The largest absolute Gasteiger partial charge is 0.496 e. The Morgan fingerprint density at radius 1 is 1.23 bits per heavy atom. The summed E-state index contributed by atoms with van der Waals surface area (Å²) < 4.78 is 33.1. The predicted octanol–water partition coefficient (Wildman–Crippen LogP) is 1.00. The van der Waals surface area contributed by atoms with Crippen LogP contribution in [0.5, 0.6) is 5.75 Å². The molecular formula is C17H24N2O6S. The van der Waals surface area contributed by atoms with Gasteiger partial charge in [-0.15, -0.1) is 0 Å². The Hall–Kier alpha value is -2.13. The Morgan fingerprint density at radius 2 is 1.85 bits per heavy atom. The molecule has 1 aliphatic heterocycles. The van der Waals surface area contributed by atoms with E-state index < -0.39 is 22.6 Å². The number of hydrogen-bond acceptors (Lipinski definition) is 6. The maximum absolute atomic E-state index is 12.3. The van der Waals surface area contributed by atoms with Gasteiger partial charge in [-0.2, -0.15) is 0 Å². The van der Waals surface area contributed by atoms with Crippen molar-refractivity contribution in [2.24, 2.45) is 17.0 Å². The van der Waals surface area contributed by atoms with E-state index in [-0.39, 0.29) is 22.1 Å². The number of methoxy groups -OCH3 is 1. The maximum Gasteiger partial charge on any atom is 0.342 e. The summed E-state index contributed by atoms with van der Waals surface area (Å²) in [4.78, 5) is 26.1. The van der Waals surface area contributed by atoms with Crippen LogP contribution in [0.15, 0.2) is 23.1 Å². The fourth-order valence-electron chi connectivity index (χ4n) is 3.19. The molecule has 1 saturated heterocycles. The van der Waals surface area contributed by atoms with Gasteiger partial charge in [0.15, 0.2) is 6.61 Å². The third-order valence-electron chi connectivity index (χ3n) is 4.27. The molecule has 1 aliphatic rings. The minimum atomic E-state index is -3.98. The maximum atomic E-state index is 12.3. The van der Waals surface area contributed by atoms with Crippen molar-refractivity contribution in [3.8, 4) is 5.75 Å². The molecular weight excluding hydrogens is 360 g/mol. The van der Waals surface area contributed by atoms with Gasteiger partial charge in [-0.25, -0.2) is 18.4 Å². The average molecular weight is 384 g/mol. The van der Waals surface area contributed by atoms with Crippen molar-refractivity contribution < 1.29 is 27.5 Å². The molecule has 0 spiro atoms. The van der Waals surface area contributed by atoms with Crippen molar-refractivity contribution in [3.63, 3.8) is 0 Å². The van der Waals surface area contributed by atoms with Gasteiger partial charge in [-0.3, -0.25) is 4.79 Å². The number of rotatable bonds is 5. The van der Waals surface area contributed by atoms with Gasteiger partial charge in [0.25, 0.3) is 5.91 Å². The Labute approximate surface area is 153 Å². The standard InChI is InChI=1S/C17H24N2O6S/c1-11-6-12(2)9-19(8-11)16(20)10-25-17(21)14-7-13(26(18,22)23)4-5-15(14)24-3/h4-5,7,11-12H,6,8-10H2,1-3H3,(H2,18,22,23). The highest BCUT2D eigenvalue weighted by Crippen LogP contribution is 2.23. The third-order valence-corrected chi connectivity index (χ3v) is 5.18. The van der Waals surface area contributed by atoms with Crippen molar-refractivity contribution in [1.29, 1.82) is 0 Å². The van der Waals surface area contributed by atoms with Crippen LogP contribution >= 0.6 is 0 Å². The number of nitrogens with zero attached hydrogens (tertiary/aromatic N) is 1. The number of primary sulfonamides is 1. The number of likely N-dealkylation sites (tertiary alicyclic amines) is 1. The molecule has 9 heteroatoms. The molecule has 2 N–H and O–H groups in total.